The molecule has 2 aromatic carbocycles. The molecule has 3 aromatic rings. The molecule has 13 nitrogen and oxygen atoms in total. The van der Waals surface area contributed by atoms with E-state index in [1.165, 1.54) is 6.42 Å². The number of carbonyl (C=O) groups excluding carboxylic acids is 3. The summed E-state index contributed by atoms with van der Waals surface area (Å²) in [6.07, 6.45) is 6.59. The number of amides is 2. The summed E-state index contributed by atoms with van der Waals surface area (Å²) in [5.74, 6) is 1.34. The van der Waals surface area contributed by atoms with Gasteiger partial charge < -0.3 is 34.2 Å². The molecule has 4 bridgehead atoms. The zero-order chi connectivity index (χ0) is 42.6. The highest BCUT2D eigenvalue weighted by atomic mass is 16.6. The number of esters is 1. The number of ether oxygens (including phenoxy) is 3. The molecule has 322 valence electrons. The molecule has 0 aliphatic heterocycles. The molecule has 13 heteroatoms. The van der Waals surface area contributed by atoms with E-state index in [1.54, 1.807) is 37.0 Å². The molecular formula is C46H66N6O7. The number of hydrogen-bond acceptors (Lipinski definition) is 10. The van der Waals surface area contributed by atoms with Gasteiger partial charge in [-0.15, -0.1) is 0 Å². The van der Waals surface area contributed by atoms with Crippen LogP contribution in [0.5, 0.6) is 11.5 Å². The summed E-state index contributed by atoms with van der Waals surface area (Å²) in [7, 11) is 8.74. The van der Waals surface area contributed by atoms with Gasteiger partial charge in [0.25, 0.3) is 11.8 Å². The summed E-state index contributed by atoms with van der Waals surface area (Å²) >= 11 is 0. The fourth-order valence-corrected chi connectivity index (χ4v) is 9.97. The third kappa shape index (κ3) is 9.47. The van der Waals surface area contributed by atoms with Crippen LogP contribution >= 0.6 is 0 Å². The molecule has 0 saturated heterocycles. The van der Waals surface area contributed by atoms with Gasteiger partial charge in [-0.25, -0.2) is 15.0 Å². The average Bonchev–Trinajstić information content (AvgIpc) is 3.64. The minimum absolute atomic E-state index is 0.00581. The van der Waals surface area contributed by atoms with Crippen LogP contribution in [-0.4, -0.2) is 110 Å². The minimum atomic E-state index is -1.14. The first-order valence-electron chi connectivity index (χ1n) is 21.3. The van der Waals surface area contributed by atoms with Gasteiger partial charge in [0.1, 0.15) is 22.6 Å². The second kappa shape index (κ2) is 18.4. The molecule has 7 rings (SSSR count). The summed E-state index contributed by atoms with van der Waals surface area (Å²) < 4.78 is 19.6. The third-order valence-electron chi connectivity index (χ3n) is 12.6. The van der Waals surface area contributed by atoms with E-state index in [9.17, 15) is 14.4 Å². The van der Waals surface area contributed by atoms with Crippen LogP contribution in [0.3, 0.4) is 0 Å². The van der Waals surface area contributed by atoms with Crippen LogP contribution in [0.2, 0.25) is 0 Å². The molecule has 59 heavy (non-hydrogen) atoms. The molecule has 2 N–H and O–H groups in total. The molecule has 0 unspecified atom stereocenters. The summed E-state index contributed by atoms with van der Waals surface area (Å²) in [4.78, 5) is 52.0. The van der Waals surface area contributed by atoms with Gasteiger partial charge in [0.05, 0.1) is 38.3 Å². The first-order chi connectivity index (χ1) is 28.1. The number of aromatic nitrogens is 2. The Hall–Kier alpha value is -4.46. The predicted molar refractivity (Wildman–Crippen MR) is 228 cm³/mol. The van der Waals surface area contributed by atoms with Crippen LogP contribution in [0.4, 0.5) is 0 Å². The first kappa shape index (κ1) is 44.1. The topological polar surface area (TPSA) is 136 Å². The maximum atomic E-state index is 14.8. The highest BCUT2D eigenvalue weighted by Crippen LogP contribution is 2.59. The average molecular weight is 815 g/mol. The molecule has 4 saturated carbocycles. The monoisotopic (exact) mass is 814 g/mol. The summed E-state index contributed by atoms with van der Waals surface area (Å²) in [6.45, 7) is 13.0. The van der Waals surface area contributed by atoms with E-state index in [0.29, 0.717) is 52.4 Å². The zero-order valence-electron chi connectivity index (χ0n) is 36.9. The quantitative estimate of drug-likeness (QED) is 0.0795. The molecule has 4 aliphatic rings. The Kier molecular flexibility index (Phi) is 13.8. The van der Waals surface area contributed by atoms with Gasteiger partial charge in [0, 0.05) is 25.7 Å². The Morgan fingerprint density at radius 3 is 2.08 bits per heavy atom. The van der Waals surface area contributed by atoms with E-state index in [1.807, 2.05) is 64.2 Å². The van der Waals surface area contributed by atoms with Crippen LogP contribution in [0.1, 0.15) is 112 Å². The van der Waals surface area contributed by atoms with Crippen molar-refractivity contribution in [3.05, 3.63) is 59.3 Å². The number of hydrogen-bond donors (Lipinski definition) is 2. The van der Waals surface area contributed by atoms with Crippen molar-refractivity contribution in [2.24, 2.45) is 23.7 Å². The summed E-state index contributed by atoms with van der Waals surface area (Å²) in [5, 5.41) is 8.34. The number of hydroxylamine groups is 1. The van der Waals surface area contributed by atoms with E-state index < -0.39 is 17.0 Å². The minimum Gasteiger partial charge on any atom is -0.496 e. The van der Waals surface area contributed by atoms with Crippen LogP contribution < -0.4 is 20.3 Å². The van der Waals surface area contributed by atoms with E-state index in [-0.39, 0.29) is 35.3 Å². The second-order valence-electron chi connectivity index (χ2n) is 18.3. The lowest BCUT2D eigenvalue weighted by Crippen LogP contribution is -2.71. The van der Waals surface area contributed by atoms with Gasteiger partial charge in [-0.05, 0) is 157 Å². The molecule has 1 heterocycles. The normalized spacial score (nSPS) is 22.2. The number of rotatable bonds is 18. The van der Waals surface area contributed by atoms with Gasteiger partial charge in [0.2, 0.25) is 0 Å². The number of nitrogens with zero attached hydrogens (tertiary/aromatic N) is 4. The maximum absolute atomic E-state index is 14.8. The first-order valence-corrected chi connectivity index (χ1v) is 21.3. The van der Waals surface area contributed by atoms with Crippen molar-refractivity contribution in [2.45, 2.75) is 96.6 Å². The Labute approximate surface area is 350 Å². The van der Waals surface area contributed by atoms with Crippen LogP contribution in [-0.2, 0) is 14.4 Å². The number of nitrogens with one attached hydrogen (secondary N) is 2. The largest absolute Gasteiger partial charge is 0.496 e. The molecule has 1 aromatic heterocycles. The van der Waals surface area contributed by atoms with Gasteiger partial charge in [-0.3, -0.25) is 9.59 Å². The Morgan fingerprint density at radius 2 is 1.51 bits per heavy atom. The van der Waals surface area contributed by atoms with E-state index in [4.69, 9.17) is 24.1 Å². The molecule has 0 spiro atoms. The van der Waals surface area contributed by atoms with Crippen molar-refractivity contribution in [3.63, 3.8) is 0 Å². The van der Waals surface area contributed by atoms with E-state index in [2.05, 4.69) is 36.6 Å². The highest BCUT2D eigenvalue weighted by molar-refractivity contribution is 5.99. The van der Waals surface area contributed by atoms with Crippen LogP contribution in [0.15, 0.2) is 42.5 Å². The van der Waals surface area contributed by atoms with Crippen molar-refractivity contribution in [1.29, 1.82) is 0 Å². The Balaban J connectivity index is 1.35. The fourth-order valence-electron chi connectivity index (χ4n) is 9.97. The van der Waals surface area contributed by atoms with E-state index >= 15 is 0 Å². The molecule has 4 fully saturated rings. The SMILES string of the molecule is CONCCCN(C)CCCN(C)C(=O)c1ccc(-n2nc(C(=O)NC3(C(=O)OC(C)(C)C)C4CC5CC(C4)CC3C5)cc2-c2c(OC)cccc2OC)c(C(C)C)c1. The molecule has 0 radical (unpaired) electrons. The number of benzene rings is 2. The van der Waals surface area contributed by atoms with Crippen LogP contribution in [0, 0.1) is 23.7 Å². The maximum Gasteiger partial charge on any atom is 0.332 e. The highest BCUT2D eigenvalue weighted by Gasteiger charge is 2.63. The summed E-state index contributed by atoms with van der Waals surface area (Å²) in [5.41, 5.74) is 4.52. The molecule has 2 amide bonds. The van der Waals surface area contributed by atoms with Crippen LogP contribution in [0.25, 0.3) is 16.9 Å². The number of carbonyl (C=O) groups is 3. The molecular weight excluding hydrogens is 749 g/mol. The third-order valence-corrected chi connectivity index (χ3v) is 12.6. The number of methoxy groups -OCH3 is 2. The molecule has 4 aliphatic carbocycles. The van der Waals surface area contributed by atoms with Crippen molar-refractivity contribution < 1.29 is 33.4 Å². The predicted octanol–water partition coefficient (Wildman–Crippen LogP) is 6.88. The van der Waals surface area contributed by atoms with Gasteiger partial charge in [0.15, 0.2) is 5.69 Å². The fraction of sp³-hybridized carbons (Fsp3) is 0.609. The summed E-state index contributed by atoms with van der Waals surface area (Å²) in [6, 6.07) is 12.9. The lowest BCUT2D eigenvalue weighted by atomic mass is 9.48. The van der Waals surface area contributed by atoms with Crippen molar-refractivity contribution >= 4 is 17.8 Å². The molecule has 0 atom stereocenters. The Morgan fingerprint density at radius 1 is 0.881 bits per heavy atom. The lowest BCUT2D eigenvalue weighted by molar-refractivity contribution is -0.180. The zero-order valence-corrected chi connectivity index (χ0v) is 36.9. The van der Waals surface area contributed by atoms with Gasteiger partial charge >= 0.3 is 5.97 Å². The van der Waals surface area contributed by atoms with E-state index in [0.717, 1.165) is 63.7 Å². The van der Waals surface area contributed by atoms with Gasteiger partial charge in [-0.2, -0.15) is 5.10 Å². The smallest absolute Gasteiger partial charge is 0.332 e. The van der Waals surface area contributed by atoms with Gasteiger partial charge in [-0.1, -0.05) is 19.9 Å². The second-order valence-corrected chi connectivity index (χ2v) is 18.3. The lowest BCUT2D eigenvalue weighted by Gasteiger charge is -2.59. The standard InChI is InChI=1S/C46H66N6O7/c1-29(2)35-27-32(43(54)51(7)21-13-20-50(6)19-12-18-47-58-10)16-17-37(35)52-38(41-39(56-8)14-11-15-40(41)57-9)28-36(49-52)42(53)48-46(44(55)59-45(3,4)5)33-23-30-22-31(25-33)26-34(46)24-30/h11,14-17,27-31,33-34,47H,12-13,18-26H2,1-10H3,(H,48,53). The van der Waals surface area contributed by atoms with Crippen molar-refractivity contribution in [3.8, 4) is 28.4 Å². The van der Waals surface area contributed by atoms with Crippen molar-refractivity contribution in [2.75, 3.05) is 61.6 Å². The Bertz CT molecular complexity index is 1920. The van der Waals surface area contributed by atoms with Crippen molar-refractivity contribution in [1.82, 2.24) is 30.4 Å².